The Morgan fingerprint density at radius 1 is 1.16 bits per heavy atom. The maximum Gasteiger partial charge on any atom is 0.0575 e. The third-order valence-electron chi connectivity index (χ3n) is 4.65. The summed E-state index contributed by atoms with van der Waals surface area (Å²) >= 11 is 0. The SMILES string of the molecule is CC=C(CCC1NCCN1)C(C)(C)N1CCNCC1. The number of piperazine rings is 1. The quantitative estimate of drug-likeness (QED) is 0.647. The first-order valence-corrected chi connectivity index (χ1v) is 7.73. The van der Waals surface area contributed by atoms with Gasteiger partial charge in [0.15, 0.2) is 0 Å². The highest BCUT2D eigenvalue weighted by Crippen LogP contribution is 2.28. The Morgan fingerprint density at radius 3 is 2.37 bits per heavy atom. The van der Waals surface area contributed by atoms with Crippen molar-refractivity contribution in [2.75, 3.05) is 39.3 Å². The molecule has 2 rings (SSSR count). The number of allylic oxidation sites excluding steroid dienone is 1. The Hall–Kier alpha value is -0.420. The Morgan fingerprint density at radius 2 is 1.79 bits per heavy atom. The minimum atomic E-state index is 0.190. The van der Waals surface area contributed by atoms with Crippen LogP contribution in [-0.4, -0.2) is 55.9 Å². The fourth-order valence-corrected chi connectivity index (χ4v) is 3.30. The van der Waals surface area contributed by atoms with Crippen LogP contribution in [0.5, 0.6) is 0 Å². The van der Waals surface area contributed by atoms with E-state index < -0.39 is 0 Å². The van der Waals surface area contributed by atoms with Gasteiger partial charge in [0.05, 0.1) is 6.17 Å². The summed E-state index contributed by atoms with van der Waals surface area (Å²) in [6.45, 7) is 13.7. The Balaban J connectivity index is 1.90. The maximum absolute atomic E-state index is 3.51. The van der Waals surface area contributed by atoms with Crippen molar-refractivity contribution in [3.8, 4) is 0 Å². The van der Waals surface area contributed by atoms with E-state index in [-0.39, 0.29) is 5.54 Å². The van der Waals surface area contributed by atoms with E-state index >= 15 is 0 Å². The molecule has 2 fully saturated rings. The van der Waals surface area contributed by atoms with E-state index in [1.165, 1.54) is 12.8 Å². The summed E-state index contributed by atoms with van der Waals surface area (Å²) in [6.07, 6.45) is 5.21. The van der Waals surface area contributed by atoms with Gasteiger partial charge in [-0.2, -0.15) is 0 Å². The van der Waals surface area contributed by atoms with Crippen molar-refractivity contribution >= 4 is 0 Å². The number of nitrogens with zero attached hydrogens (tertiary/aromatic N) is 1. The second-order valence-corrected chi connectivity index (χ2v) is 6.11. The molecule has 0 spiro atoms. The Bertz CT molecular complexity index is 299. The normalized spacial score (nSPS) is 24.1. The molecule has 3 N–H and O–H groups in total. The molecule has 2 aliphatic rings. The molecule has 0 aliphatic carbocycles. The summed E-state index contributed by atoms with van der Waals surface area (Å²) in [5, 5.41) is 10.4. The highest BCUT2D eigenvalue weighted by atomic mass is 15.2. The van der Waals surface area contributed by atoms with E-state index in [1.54, 1.807) is 5.57 Å². The molecule has 0 aromatic carbocycles. The molecule has 0 unspecified atom stereocenters. The molecular formula is C15H30N4. The van der Waals surface area contributed by atoms with Gasteiger partial charge in [0, 0.05) is 44.8 Å². The molecule has 0 aromatic rings. The highest BCUT2D eigenvalue weighted by molar-refractivity contribution is 5.18. The molecule has 2 heterocycles. The highest BCUT2D eigenvalue weighted by Gasteiger charge is 2.31. The second kappa shape index (κ2) is 6.84. The molecule has 0 radical (unpaired) electrons. The fourth-order valence-electron chi connectivity index (χ4n) is 3.30. The Kier molecular flexibility index (Phi) is 5.39. The number of hydrogen-bond donors (Lipinski definition) is 3. The third kappa shape index (κ3) is 3.78. The molecule has 0 bridgehead atoms. The van der Waals surface area contributed by atoms with E-state index in [4.69, 9.17) is 0 Å². The lowest BCUT2D eigenvalue weighted by molar-refractivity contribution is 0.128. The predicted octanol–water partition coefficient (Wildman–Crippen LogP) is 0.916. The predicted molar refractivity (Wildman–Crippen MR) is 81.3 cm³/mol. The lowest BCUT2D eigenvalue weighted by Gasteiger charge is -2.43. The largest absolute Gasteiger partial charge is 0.314 e. The molecular weight excluding hydrogens is 236 g/mol. The maximum atomic E-state index is 3.51. The zero-order valence-electron chi connectivity index (χ0n) is 12.8. The van der Waals surface area contributed by atoms with Crippen LogP contribution in [0.1, 0.15) is 33.6 Å². The van der Waals surface area contributed by atoms with Gasteiger partial charge in [-0.15, -0.1) is 0 Å². The molecule has 2 aliphatic heterocycles. The van der Waals surface area contributed by atoms with Crippen molar-refractivity contribution in [3.05, 3.63) is 11.6 Å². The van der Waals surface area contributed by atoms with Crippen LogP contribution in [0.4, 0.5) is 0 Å². The lowest BCUT2D eigenvalue weighted by atomic mass is 9.87. The summed E-state index contributed by atoms with van der Waals surface area (Å²) in [5.74, 6) is 0. The van der Waals surface area contributed by atoms with Crippen molar-refractivity contribution < 1.29 is 0 Å². The van der Waals surface area contributed by atoms with Crippen LogP contribution in [0.25, 0.3) is 0 Å². The van der Waals surface area contributed by atoms with Gasteiger partial charge in [-0.3, -0.25) is 4.90 Å². The molecule has 2 saturated heterocycles. The van der Waals surface area contributed by atoms with E-state index in [2.05, 4.69) is 47.7 Å². The third-order valence-corrected chi connectivity index (χ3v) is 4.65. The molecule has 4 heteroatoms. The standard InChI is InChI=1S/C15H30N4/c1-4-13(5-6-14-17-7-8-18-14)15(2,3)19-11-9-16-10-12-19/h4,14,16-18H,5-12H2,1-3H3. The zero-order chi connectivity index (χ0) is 13.7. The number of rotatable bonds is 5. The van der Waals surface area contributed by atoms with E-state index in [0.29, 0.717) is 6.17 Å². The summed E-state index contributed by atoms with van der Waals surface area (Å²) < 4.78 is 0. The van der Waals surface area contributed by atoms with Gasteiger partial charge in [-0.1, -0.05) is 11.6 Å². The molecule has 0 aromatic heterocycles. The van der Waals surface area contributed by atoms with Crippen molar-refractivity contribution in [3.63, 3.8) is 0 Å². The van der Waals surface area contributed by atoms with Gasteiger partial charge in [0.2, 0.25) is 0 Å². The molecule has 0 amide bonds. The van der Waals surface area contributed by atoms with E-state index in [0.717, 1.165) is 39.3 Å². The monoisotopic (exact) mass is 266 g/mol. The Labute approximate surface area is 118 Å². The van der Waals surface area contributed by atoms with E-state index in [9.17, 15) is 0 Å². The summed E-state index contributed by atoms with van der Waals surface area (Å²) in [5.41, 5.74) is 1.76. The van der Waals surface area contributed by atoms with Gasteiger partial charge >= 0.3 is 0 Å². The van der Waals surface area contributed by atoms with Crippen LogP contribution in [0, 0.1) is 0 Å². The van der Waals surface area contributed by atoms with Crippen LogP contribution in [0.15, 0.2) is 11.6 Å². The van der Waals surface area contributed by atoms with Gasteiger partial charge in [-0.05, 0) is 33.6 Å². The van der Waals surface area contributed by atoms with Gasteiger partial charge in [-0.25, -0.2) is 0 Å². The van der Waals surface area contributed by atoms with Crippen LogP contribution < -0.4 is 16.0 Å². The topological polar surface area (TPSA) is 39.3 Å². The van der Waals surface area contributed by atoms with E-state index in [1.807, 2.05) is 0 Å². The first-order chi connectivity index (χ1) is 9.14. The smallest absolute Gasteiger partial charge is 0.0575 e. The molecule has 19 heavy (non-hydrogen) atoms. The van der Waals surface area contributed by atoms with Crippen LogP contribution >= 0.6 is 0 Å². The average Bonchev–Trinajstić information content (AvgIpc) is 2.93. The summed E-state index contributed by atoms with van der Waals surface area (Å²) in [4.78, 5) is 2.62. The van der Waals surface area contributed by atoms with Crippen molar-refractivity contribution in [1.82, 2.24) is 20.9 Å². The van der Waals surface area contributed by atoms with Gasteiger partial charge in [0.25, 0.3) is 0 Å². The average molecular weight is 266 g/mol. The molecule has 4 nitrogen and oxygen atoms in total. The van der Waals surface area contributed by atoms with Crippen LogP contribution in [-0.2, 0) is 0 Å². The molecule has 110 valence electrons. The molecule has 0 saturated carbocycles. The summed E-state index contributed by atoms with van der Waals surface area (Å²) in [7, 11) is 0. The molecule has 0 atom stereocenters. The number of nitrogens with one attached hydrogen (secondary N) is 3. The van der Waals surface area contributed by atoms with Crippen LogP contribution in [0.2, 0.25) is 0 Å². The first kappa shape index (κ1) is 15.0. The minimum Gasteiger partial charge on any atom is -0.314 e. The van der Waals surface area contributed by atoms with Gasteiger partial charge < -0.3 is 16.0 Å². The van der Waals surface area contributed by atoms with Crippen LogP contribution in [0.3, 0.4) is 0 Å². The van der Waals surface area contributed by atoms with Crippen molar-refractivity contribution in [1.29, 1.82) is 0 Å². The van der Waals surface area contributed by atoms with Crippen molar-refractivity contribution in [2.45, 2.75) is 45.3 Å². The number of hydrogen-bond acceptors (Lipinski definition) is 4. The summed E-state index contributed by atoms with van der Waals surface area (Å²) in [6, 6.07) is 0. The van der Waals surface area contributed by atoms with Crippen molar-refractivity contribution in [2.24, 2.45) is 0 Å². The zero-order valence-corrected chi connectivity index (χ0v) is 12.8. The fraction of sp³-hybridized carbons (Fsp3) is 0.867. The minimum absolute atomic E-state index is 0.190. The van der Waals surface area contributed by atoms with Gasteiger partial charge in [0.1, 0.15) is 0 Å². The first-order valence-electron chi connectivity index (χ1n) is 7.73. The second-order valence-electron chi connectivity index (χ2n) is 6.11. The lowest BCUT2D eigenvalue weighted by Crippen LogP contribution is -2.54.